The van der Waals surface area contributed by atoms with Crippen LogP contribution in [0.3, 0.4) is 0 Å². The molecule has 4 heteroatoms. The normalized spacial score (nSPS) is 9.12. The summed E-state index contributed by atoms with van der Waals surface area (Å²) >= 11 is 2.02. The van der Waals surface area contributed by atoms with Gasteiger partial charge in [-0.1, -0.05) is 4.98 Å². The van der Waals surface area contributed by atoms with Gasteiger partial charge in [0.2, 0.25) is 0 Å². The van der Waals surface area contributed by atoms with E-state index in [4.69, 9.17) is 0 Å². The third-order valence-electron chi connectivity index (χ3n) is 0.629. The van der Waals surface area contributed by atoms with E-state index >= 15 is 0 Å². The zero-order valence-electron chi connectivity index (χ0n) is 3.91. The monoisotopic (exact) mass is 222 g/mol. The Hall–Kier alpha value is -0.390. The Morgan fingerprint density at radius 2 is 2.50 bits per heavy atom. The lowest BCUT2D eigenvalue weighted by atomic mass is 10.7. The number of hydrogen-bond donors (Lipinski definition) is 0. The minimum absolute atomic E-state index is 0.668. The molecule has 0 aromatic carbocycles. The Bertz CT molecular complexity index is 174. The second-order valence-corrected chi connectivity index (χ2v) is 2.51. The molecule has 0 fully saturated rings. The fourth-order valence-electron chi connectivity index (χ4n) is 0.358. The van der Waals surface area contributed by atoms with Crippen molar-refractivity contribution < 1.29 is 4.73 Å². The first-order chi connectivity index (χ1) is 3.79. The van der Waals surface area contributed by atoms with E-state index in [1.165, 1.54) is 12.5 Å². The molecule has 0 aliphatic carbocycles. The highest BCUT2D eigenvalue weighted by molar-refractivity contribution is 14.1. The summed E-state index contributed by atoms with van der Waals surface area (Å²) in [4.78, 5) is 3.63. The molecule has 1 aromatic rings. The SMILES string of the molecule is [O-][n+]1cncc(I)c1. The quantitative estimate of drug-likeness (QED) is 0.360. The lowest BCUT2D eigenvalue weighted by Crippen LogP contribution is -2.25. The summed E-state index contributed by atoms with van der Waals surface area (Å²) in [5.74, 6) is 0. The molecule has 3 nitrogen and oxygen atoms in total. The molecule has 8 heavy (non-hydrogen) atoms. The van der Waals surface area contributed by atoms with E-state index in [0.29, 0.717) is 4.73 Å². The minimum atomic E-state index is 0.668. The predicted octanol–water partition coefficient (Wildman–Crippen LogP) is 0.320. The van der Waals surface area contributed by atoms with Gasteiger partial charge in [0, 0.05) is 0 Å². The molecule has 0 saturated heterocycles. The van der Waals surface area contributed by atoms with Crippen LogP contribution in [0.2, 0.25) is 0 Å². The molecule has 42 valence electrons. The van der Waals surface area contributed by atoms with Gasteiger partial charge < -0.3 is 5.21 Å². The van der Waals surface area contributed by atoms with Crippen LogP contribution in [-0.4, -0.2) is 4.98 Å². The van der Waals surface area contributed by atoms with Crippen LogP contribution in [0, 0.1) is 8.78 Å². The highest BCUT2D eigenvalue weighted by atomic mass is 127. The molecule has 1 heterocycles. The summed E-state index contributed by atoms with van der Waals surface area (Å²) in [6.07, 6.45) is 4.28. The molecular formula is C4H3IN2O. The van der Waals surface area contributed by atoms with Gasteiger partial charge in [0.1, 0.15) is 6.20 Å². The highest BCUT2D eigenvalue weighted by Gasteiger charge is 1.88. The fourth-order valence-corrected chi connectivity index (χ4v) is 0.794. The van der Waals surface area contributed by atoms with Crippen LogP contribution < -0.4 is 4.73 Å². The Kier molecular flexibility index (Phi) is 1.62. The number of halogens is 1. The number of hydrogen-bond acceptors (Lipinski definition) is 2. The number of rotatable bonds is 0. The van der Waals surface area contributed by atoms with E-state index in [2.05, 4.69) is 4.98 Å². The smallest absolute Gasteiger partial charge is 0.289 e. The van der Waals surface area contributed by atoms with Crippen molar-refractivity contribution >= 4 is 22.6 Å². The molecule has 0 saturated carbocycles. The second kappa shape index (κ2) is 2.25. The van der Waals surface area contributed by atoms with Gasteiger partial charge in [-0.3, -0.25) is 0 Å². The van der Waals surface area contributed by atoms with Crippen molar-refractivity contribution in [3.8, 4) is 0 Å². The van der Waals surface area contributed by atoms with Crippen molar-refractivity contribution in [3.63, 3.8) is 0 Å². The first-order valence-corrected chi connectivity index (χ1v) is 3.06. The summed E-state index contributed by atoms with van der Waals surface area (Å²) in [6.45, 7) is 0. The van der Waals surface area contributed by atoms with Gasteiger partial charge in [-0.2, -0.15) is 0 Å². The fraction of sp³-hybridized carbons (Fsp3) is 0. The average Bonchev–Trinajstić information content (AvgIpc) is 1.64. The summed E-state index contributed by atoms with van der Waals surface area (Å²) in [7, 11) is 0. The molecule has 0 aliphatic rings. The maximum Gasteiger partial charge on any atom is 0.289 e. The van der Waals surface area contributed by atoms with Gasteiger partial charge >= 0.3 is 0 Å². The molecule has 0 aliphatic heterocycles. The first kappa shape index (κ1) is 5.74. The van der Waals surface area contributed by atoms with E-state index in [9.17, 15) is 5.21 Å². The van der Waals surface area contributed by atoms with Crippen LogP contribution in [0.15, 0.2) is 18.7 Å². The van der Waals surface area contributed by atoms with E-state index in [1.807, 2.05) is 22.6 Å². The topological polar surface area (TPSA) is 39.8 Å². The maximum absolute atomic E-state index is 10.3. The Morgan fingerprint density at radius 1 is 1.75 bits per heavy atom. The molecular weight excluding hydrogens is 219 g/mol. The standard InChI is InChI=1S/C4H3IN2O/c5-4-1-6-3-7(8)2-4/h1-3H. The Morgan fingerprint density at radius 3 is 2.88 bits per heavy atom. The molecule has 1 rings (SSSR count). The molecule has 1 aromatic heterocycles. The van der Waals surface area contributed by atoms with Crippen LogP contribution in [0.5, 0.6) is 0 Å². The third kappa shape index (κ3) is 1.29. The maximum atomic E-state index is 10.3. The van der Waals surface area contributed by atoms with Gasteiger partial charge in [0.05, 0.1) is 3.57 Å². The zero-order chi connectivity index (χ0) is 5.98. The van der Waals surface area contributed by atoms with Crippen LogP contribution in [0.4, 0.5) is 0 Å². The molecule has 0 spiro atoms. The third-order valence-corrected chi connectivity index (χ3v) is 1.19. The molecule has 0 bridgehead atoms. The highest BCUT2D eigenvalue weighted by Crippen LogP contribution is 1.94. The summed E-state index contributed by atoms with van der Waals surface area (Å²) in [6, 6.07) is 0. The van der Waals surface area contributed by atoms with E-state index in [-0.39, 0.29) is 0 Å². The van der Waals surface area contributed by atoms with Gasteiger partial charge in [-0.15, -0.1) is 0 Å². The first-order valence-electron chi connectivity index (χ1n) is 1.98. The van der Waals surface area contributed by atoms with Crippen LogP contribution in [-0.2, 0) is 0 Å². The largest absolute Gasteiger partial charge is 0.711 e. The van der Waals surface area contributed by atoms with Crippen molar-refractivity contribution in [2.24, 2.45) is 0 Å². The van der Waals surface area contributed by atoms with E-state index < -0.39 is 0 Å². The van der Waals surface area contributed by atoms with Gasteiger partial charge in [-0.05, 0) is 22.6 Å². The van der Waals surface area contributed by atoms with Crippen molar-refractivity contribution in [2.45, 2.75) is 0 Å². The van der Waals surface area contributed by atoms with Crippen molar-refractivity contribution in [1.82, 2.24) is 4.98 Å². The van der Waals surface area contributed by atoms with Crippen LogP contribution in [0.25, 0.3) is 0 Å². The van der Waals surface area contributed by atoms with Crippen molar-refractivity contribution in [1.29, 1.82) is 0 Å². The van der Waals surface area contributed by atoms with E-state index in [1.54, 1.807) is 6.20 Å². The summed E-state index contributed by atoms with van der Waals surface area (Å²) in [5.41, 5.74) is 0. The predicted molar refractivity (Wildman–Crippen MR) is 35.9 cm³/mol. The second-order valence-electron chi connectivity index (χ2n) is 1.27. The molecule has 0 radical (unpaired) electrons. The lowest BCUT2D eigenvalue weighted by molar-refractivity contribution is -0.609. The minimum Gasteiger partial charge on any atom is -0.711 e. The zero-order valence-corrected chi connectivity index (χ0v) is 6.07. The van der Waals surface area contributed by atoms with Gasteiger partial charge in [0.25, 0.3) is 6.33 Å². The van der Waals surface area contributed by atoms with Crippen molar-refractivity contribution in [3.05, 3.63) is 27.5 Å². The number of aromatic nitrogens is 2. The Labute approximate surface area is 60.1 Å². The molecule has 0 amide bonds. The molecule has 0 unspecified atom stereocenters. The molecule has 0 N–H and O–H groups in total. The van der Waals surface area contributed by atoms with Crippen LogP contribution in [0.1, 0.15) is 0 Å². The van der Waals surface area contributed by atoms with Crippen molar-refractivity contribution in [2.75, 3.05) is 0 Å². The van der Waals surface area contributed by atoms with E-state index in [0.717, 1.165) is 3.57 Å². The Balaban J connectivity index is 3.08. The lowest BCUT2D eigenvalue weighted by Gasteiger charge is -1.94. The average molecular weight is 222 g/mol. The summed E-state index contributed by atoms with van der Waals surface area (Å²) in [5, 5.41) is 10.3. The van der Waals surface area contributed by atoms with Crippen LogP contribution >= 0.6 is 22.6 Å². The summed E-state index contributed by atoms with van der Waals surface area (Å²) < 4.78 is 1.52. The number of nitrogens with zero attached hydrogens (tertiary/aromatic N) is 2. The van der Waals surface area contributed by atoms with Gasteiger partial charge in [0.15, 0.2) is 6.20 Å². The molecule has 0 atom stereocenters. The van der Waals surface area contributed by atoms with Gasteiger partial charge in [-0.25, -0.2) is 4.73 Å².